The average Bonchev–Trinajstić information content (AvgIpc) is 3.39. The van der Waals surface area contributed by atoms with Gasteiger partial charge in [0.25, 0.3) is 0 Å². The Morgan fingerprint density at radius 3 is 1.53 bits per heavy atom. The predicted molar refractivity (Wildman–Crippen MR) is 200 cm³/mol. The van der Waals surface area contributed by atoms with Crippen molar-refractivity contribution in [1.82, 2.24) is 0 Å². The Morgan fingerprint density at radius 2 is 1.08 bits per heavy atom. The molecular weight excluding hydrogens is 695 g/mol. The maximum Gasteiger partial charge on any atom is 0.494 e. The fraction of sp³-hybridized carbons (Fsp3) is 0.390. The van der Waals surface area contributed by atoms with Gasteiger partial charge >= 0.3 is 13.1 Å². The molecule has 0 saturated carbocycles. The maximum absolute atomic E-state index is 14.2. The number of methoxy groups -OCH3 is 1. The second-order valence-corrected chi connectivity index (χ2v) is 16.4. The van der Waals surface area contributed by atoms with Gasteiger partial charge in [-0.25, -0.2) is 13.2 Å². The molecule has 4 aromatic carbocycles. The van der Waals surface area contributed by atoms with Crippen LogP contribution in [0.5, 0.6) is 0 Å². The van der Waals surface area contributed by atoms with Crippen LogP contribution in [0.3, 0.4) is 0 Å². The summed E-state index contributed by atoms with van der Waals surface area (Å²) in [5, 5.41) is 0. The van der Waals surface area contributed by atoms with Gasteiger partial charge in [-0.05, 0) is 62.0 Å². The Morgan fingerprint density at radius 1 is 0.642 bits per heavy atom. The van der Waals surface area contributed by atoms with E-state index in [9.17, 15) is 13.2 Å². The zero-order chi connectivity index (χ0) is 37.6. The van der Waals surface area contributed by atoms with Gasteiger partial charge in [-0.3, -0.25) is 0 Å². The molecule has 0 aromatic heterocycles. The fourth-order valence-corrected chi connectivity index (χ4v) is 7.80. The van der Waals surface area contributed by atoms with Gasteiger partial charge in [0.1, 0.15) is 24.4 Å². The van der Waals surface area contributed by atoms with Gasteiger partial charge in [-0.15, -0.1) is 0 Å². The van der Waals surface area contributed by atoms with Gasteiger partial charge in [0.15, 0.2) is 15.9 Å². The third-order valence-corrected chi connectivity index (χ3v) is 11.8. The number of hydrogen-bond acceptors (Lipinski definition) is 10. The Kier molecular flexibility index (Phi) is 12.2. The van der Waals surface area contributed by atoms with Crippen molar-refractivity contribution in [2.45, 2.75) is 94.1 Å². The van der Waals surface area contributed by atoms with Crippen molar-refractivity contribution in [1.29, 1.82) is 0 Å². The van der Waals surface area contributed by atoms with E-state index in [1.807, 2.05) is 119 Å². The highest BCUT2D eigenvalue weighted by Gasteiger charge is 2.53. The van der Waals surface area contributed by atoms with Crippen molar-refractivity contribution >= 4 is 28.4 Å². The second kappa shape index (κ2) is 16.6. The lowest BCUT2D eigenvalue weighted by atomic mass is 9.79. The van der Waals surface area contributed by atoms with Crippen LogP contribution < -0.4 is 5.46 Å². The number of carbonyl (C=O) groups is 1. The minimum Gasteiger partial charge on any atom is -0.467 e. The van der Waals surface area contributed by atoms with E-state index in [4.69, 9.17) is 33.0 Å². The third-order valence-electron chi connectivity index (χ3n) is 10.1. The topological polar surface area (TPSA) is 116 Å². The van der Waals surface area contributed by atoms with Gasteiger partial charge in [-0.1, -0.05) is 103 Å². The van der Waals surface area contributed by atoms with Crippen LogP contribution in [0.25, 0.3) is 0 Å². The molecule has 12 heteroatoms. The summed E-state index contributed by atoms with van der Waals surface area (Å²) < 4.78 is 71.9. The Hall–Kier alpha value is -3.88. The van der Waals surface area contributed by atoms with Crippen LogP contribution in [0.15, 0.2) is 120 Å². The van der Waals surface area contributed by atoms with E-state index >= 15 is 0 Å². The van der Waals surface area contributed by atoms with E-state index in [1.54, 1.807) is 12.1 Å². The molecule has 2 fully saturated rings. The number of esters is 1. The molecule has 0 spiro atoms. The molecular formula is C41H47BO10S. The summed E-state index contributed by atoms with van der Waals surface area (Å²) >= 11 is 0. The molecule has 6 rings (SSSR count). The highest BCUT2D eigenvalue weighted by atomic mass is 32.2. The van der Waals surface area contributed by atoms with Crippen LogP contribution in [0.2, 0.25) is 0 Å². The summed E-state index contributed by atoms with van der Waals surface area (Å²) in [4.78, 5) is 13.5. The molecule has 53 heavy (non-hydrogen) atoms. The molecule has 2 unspecified atom stereocenters. The number of ether oxygens (including phenoxy) is 5. The van der Waals surface area contributed by atoms with E-state index in [-0.39, 0.29) is 24.7 Å². The SMILES string of the molecule is COC(=O)C1OC(CS(=O)(=O)c2ccc(B3OC(C)(C)C(C)(C)O3)cc2)[C@H](OCc2ccccc2)[C@@H](OCc2ccccc2)[C@H]1OCc1ccccc1. The summed E-state index contributed by atoms with van der Waals surface area (Å²) in [6.45, 7) is 8.26. The first-order valence-electron chi connectivity index (χ1n) is 17.7. The molecule has 2 heterocycles. The molecule has 0 bridgehead atoms. The number of sulfone groups is 1. The minimum atomic E-state index is -4.02. The zero-order valence-corrected chi connectivity index (χ0v) is 31.6. The van der Waals surface area contributed by atoms with Crippen LogP contribution in [0, 0.1) is 0 Å². The highest BCUT2D eigenvalue weighted by molar-refractivity contribution is 7.91. The molecule has 280 valence electrons. The summed E-state index contributed by atoms with van der Waals surface area (Å²) in [5.74, 6) is -1.22. The van der Waals surface area contributed by atoms with Gasteiger partial charge < -0.3 is 33.0 Å². The summed E-state index contributed by atoms with van der Waals surface area (Å²) in [7, 11) is -3.41. The monoisotopic (exact) mass is 742 g/mol. The molecule has 0 radical (unpaired) electrons. The lowest BCUT2D eigenvalue weighted by Gasteiger charge is -2.45. The first kappa shape index (κ1) is 38.8. The average molecular weight is 743 g/mol. The van der Waals surface area contributed by atoms with Crippen molar-refractivity contribution in [3.8, 4) is 0 Å². The maximum atomic E-state index is 14.2. The number of carbonyl (C=O) groups excluding carboxylic acids is 1. The molecule has 2 aliphatic heterocycles. The van der Waals surface area contributed by atoms with Gasteiger partial charge in [0.05, 0.1) is 48.8 Å². The van der Waals surface area contributed by atoms with Crippen molar-refractivity contribution < 1.29 is 46.2 Å². The van der Waals surface area contributed by atoms with E-state index in [0.29, 0.717) is 5.46 Å². The molecule has 2 aliphatic rings. The third kappa shape index (κ3) is 9.26. The smallest absolute Gasteiger partial charge is 0.467 e. The van der Waals surface area contributed by atoms with Crippen LogP contribution in [-0.4, -0.2) is 76.1 Å². The Balaban J connectivity index is 1.32. The molecule has 4 aromatic rings. The quantitative estimate of drug-likeness (QED) is 0.122. The number of hydrogen-bond donors (Lipinski definition) is 0. The van der Waals surface area contributed by atoms with Gasteiger partial charge in [0, 0.05) is 0 Å². The van der Waals surface area contributed by atoms with Crippen molar-refractivity contribution in [2.24, 2.45) is 0 Å². The van der Waals surface area contributed by atoms with E-state index < -0.39 is 70.4 Å². The summed E-state index contributed by atoms with van der Waals surface area (Å²) in [6.07, 6.45) is -5.38. The van der Waals surface area contributed by atoms with Crippen molar-refractivity contribution in [3.05, 3.63) is 132 Å². The van der Waals surface area contributed by atoms with Crippen LogP contribution in [0.1, 0.15) is 44.4 Å². The standard InChI is InChI=1S/C41H47BO10S/c1-40(2)41(3,4)52-42(51-40)32-21-23-33(24-22-32)53(44,45)28-34-35(47-25-29-15-9-6-10-16-29)36(48-26-30-17-11-7-12-18-30)37(38(50-34)39(43)46-5)49-27-31-19-13-8-14-20-31/h6-24,34-38H,25-28H2,1-5H3/t34?,35-,36+,37+,38?/m0/s1. The Labute approximate surface area is 312 Å². The van der Waals surface area contributed by atoms with Crippen molar-refractivity contribution in [2.75, 3.05) is 12.9 Å². The lowest BCUT2D eigenvalue weighted by Crippen LogP contribution is -2.63. The van der Waals surface area contributed by atoms with E-state index in [1.165, 1.54) is 19.2 Å². The second-order valence-electron chi connectivity index (χ2n) is 14.3. The van der Waals surface area contributed by atoms with E-state index in [0.717, 1.165) is 16.7 Å². The molecule has 2 saturated heterocycles. The van der Waals surface area contributed by atoms with E-state index in [2.05, 4.69) is 0 Å². The molecule has 0 N–H and O–H groups in total. The molecule has 5 atom stereocenters. The van der Waals surface area contributed by atoms with Crippen LogP contribution >= 0.6 is 0 Å². The van der Waals surface area contributed by atoms with Crippen LogP contribution in [-0.2, 0) is 67.4 Å². The first-order chi connectivity index (χ1) is 25.4. The molecule has 0 aliphatic carbocycles. The van der Waals surface area contributed by atoms with Crippen molar-refractivity contribution in [3.63, 3.8) is 0 Å². The highest BCUT2D eigenvalue weighted by Crippen LogP contribution is 2.37. The largest absolute Gasteiger partial charge is 0.494 e. The molecule has 0 amide bonds. The fourth-order valence-electron chi connectivity index (χ4n) is 6.35. The van der Waals surface area contributed by atoms with Crippen LogP contribution in [0.4, 0.5) is 0 Å². The number of benzene rings is 4. The molecule has 10 nitrogen and oxygen atoms in total. The first-order valence-corrected chi connectivity index (χ1v) is 19.4. The summed E-state index contributed by atoms with van der Waals surface area (Å²) in [5.41, 5.74) is 2.21. The summed E-state index contributed by atoms with van der Waals surface area (Å²) in [6, 6.07) is 35.0. The lowest BCUT2D eigenvalue weighted by molar-refractivity contribution is -0.261. The number of rotatable bonds is 14. The Bertz CT molecular complexity index is 1870. The predicted octanol–water partition coefficient (Wildman–Crippen LogP) is 5.46. The van der Waals surface area contributed by atoms with Gasteiger partial charge in [0.2, 0.25) is 0 Å². The minimum absolute atomic E-state index is 0.0713. The normalized spacial score (nSPS) is 23.8. The van der Waals surface area contributed by atoms with Gasteiger partial charge in [-0.2, -0.15) is 0 Å². The zero-order valence-electron chi connectivity index (χ0n) is 30.8.